The Hall–Kier alpha value is -1.33. The Morgan fingerprint density at radius 3 is 2.95 bits per heavy atom. The number of carbonyl (C=O) groups excluding carboxylic acids is 1. The van der Waals surface area contributed by atoms with Crippen molar-refractivity contribution in [1.29, 1.82) is 0 Å². The normalized spacial score (nSPS) is 24.8. The van der Waals surface area contributed by atoms with Gasteiger partial charge in [0.25, 0.3) is 5.91 Å². The molecule has 110 valence electrons. The van der Waals surface area contributed by atoms with Gasteiger partial charge in [0, 0.05) is 45.8 Å². The molecule has 1 aromatic heterocycles. The van der Waals surface area contributed by atoms with E-state index in [0.717, 1.165) is 52.2 Å². The van der Waals surface area contributed by atoms with Gasteiger partial charge in [0.2, 0.25) is 0 Å². The molecule has 0 aromatic carbocycles. The van der Waals surface area contributed by atoms with Crippen molar-refractivity contribution in [2.45, 2.75) is 12.8 Å². The highest BCUT2D eigenvalue weighted by Gasteiger charge is 2.27. The summed E-state index contributed by atoms with van der Waals surface area (Å²) in [6, 6.07) is 3.53. The summed E-state index contributed by atoms with van der Waals surface area (Å²) in [7, 11) is 0. The fraction of sp³-hybridized carbons (Fsp3) is 0.667. The summed E-state index contributed by atoms with van der Waals surface area (Å²) in [4.78, 5) is 16.8. The van der Waals surface area contributed by atoms with E-state index in [1.165, 1.54) is 6.42 Å². The maximum atomic E-state index is 12.3. The van der Waals surface area contributed by atoms with Crippen molar-refractivity contribution in [1.82, 2.24) is 15.1 Å². The molecule has 1 atom stereocenters. The molecule has 0 radical (unpaired) electrons. The molecule has 2 aliphatic heterocycles. The van der Waals surface area contributed by atoms with E-state index in [9.17, 15) is 4.79 Å². The standard InChI is InChI=1S/C15H23N3O2/c19-15(14-4-2-10-20-14)18-7-1-3-13(12-18)11-17-8-5-16-6-9-17/h2,4,10,13,16H,1,3,5-9,11-12H2. The summed E-state index contributed by atoms with van der Waals surface area (Å²) in [5, 5.41) is 3.38. The Bertz CT molecular complexity index is 426. The Balaban J connectivity index is 1.54. The molecule has 3 rings (SSSR count). The van der Waals surface area contributed by atoms with E-state index in [-0.39, 0.29) is 5.91 Å². The summed E-state index contributed by atoms with van der Waals surface area (Å²) in [6.07, 6.45) is 3.89. The molecule has 20 heavy (non-hydrogen) atoms. The van der Waals surface area contributed by atoms with E-state index in [1.807, 2.05) is 4.90 Å². The summed E-state index contributed by atoms with van der Waals surface area (Å²) in [5.74, 6) is 1.11. The minimum atomic E-state index is 0.0417. The SMILES string of the molecule is O=C(c1ccco1)N1CCCC(CN2CCNCC2)C1. The van der Waals surface area contributed by atoms with E-state index >= 15 is 0 Å². The predicted molar refractivity (Wildman–Crippen MR) is 76.6 cm³/mol. The Morgan fingerprint density at radius 2 is 2.20 bits per heavy atom. The third kappa shape index (κ3) is 3.22. The Morgan fingerprint density at radius 1 is 1.35 bits per heavy atom. The molecule has 1 unspecified atom stereocenters. The van der Waals surface area contributed by atoms with Crippen molar-refractivity contribution in [3.05, 3.63) is 24.2 Å². The van der Waals surface area contributed by atoms with Gasteiger partial charge in [0.1, 0.15) is 0 Å². The van der Waals surface area contributed by atoms with Crippen LogP contribution in [0, 0.1) is 5.92 Å². The van der Waals surface area contributed by atoms with E-state index in [4.69, 9.17) is 4.42 Å². The minimum Gasteiger partial charge on any atom is -0.459 e. The number of nitrogens with one attached hydrogen (secondary N) is 1. The van der Waals surface area contributed by atoms with Crippen LogP contribution in [0.2, 0.25) is 0 Å². The molecule has 0 aliphatic carbocycles. The fourth-order valence-corrected chi connectivity index (χ4v) is 3.21. The third-order valence-corrected chi connectivity index (χ3v) is 4.26. The lowest BCUT2D eigenvalue weighted by molar-refractivity contribution is 0.0603. The molecule has 5 heteroatoms. The highest BCUT2D eigenvalue weighted by atomic mass is 16.3. The number of hydrogen-bond acceptors (Lipinski definition) is 4. The van der Waals surface area contributed by atoms with Crippen LogP contribution in [0.15, 0.2) is 22.8 Å². The second kappa shape index (κ2) is 6.41. The van der Waals surface area contributed by atoms with Gasteiger partial charge in [-0.05, 0) is 30.9 Å². The summed E-state index contributed by atoms with van der Waals surface area (Å²) in [6.45, 7) is 7.26. The smallest absolute Gasteiger partial charge is 0.289 e. The topological polar surface area (TPSA) is 48.7 Å². The van der Waals surface area contributed by atoms with Crippen LogP contribution in [-0.4, -0.2) is 61.5 Å². The van der Waals surface area contributed by atoms with Crippen LogP contribution in [-0.2, 0) is 0 Å². The number of amides is 1. The van der Waals surface area contributed by atoms with Gasteiger partial charge < -0.3 is 19.5 Å². The van der Waals surface area contributed by atoms with Crippen molar-refractivity contribution in [3.63, 3.8) is 0 Å². The van der Waals surface area contributed by atoms with Crippen molar-refractivity contribution in [2.24, 2.45) is 5.92 Å². The molecule has 0 spiro atoms. The lowest BCUT2D eigenvalue weighted by atomic mass is 9.97. The van der Waals surface area contributed by atoms with Gasteiger partial charge >= 0.3 is 0 Å². The molecule has 1 N–H and O–H groups in total. The predicted octanol–water partition coefficient (Wildman–Crippen LogP) is 1.04. The molecule has 2 fully saturated rings. The largest absolute Gasteiger partial charge is 0.459 e. The summed E-state index contributed by atoms with van der Waals surface area (Å²) < 4.78 is 5.22. The Labute approximate surface area is 119 Å². The number of piperazine rings is 1. The van der Waals surface area contributed by atoms with Gasteiger partial charge in [-0.3, -0.25) is 4.79 Å². The maximum Gasteiger partial charge on any atom is 0.289 e. The van der Waals surface area contributed by atoms with Crippen LogP contribution >= 0.6 is 0 Å². The monoisotopic (exact) mass is 277 g/mol. The fourth-order valence-electron chi connectivity index (χ4n) is 3.21. The van der Waals surface area contributed by atoms with E-state index in [0.29, 0.717) is 11.7 Å². The minimum absolute atomic E-state index is 0.0417. The average molecular weight is 277 g/mol. The van der Waals surface area contributed by atoms with E-state index in [1.54, 1.807) is 18.4 Å². The van der Waals surface area contributed by atoms with Crippen LogP contribution in [0.3, 0.4) is 0 Å². The molecular formula is C15H23N3O2. The average Bonchev–Trinajstić information content (AvgIpc) is 3.02. The first-order valence-electron chi connectivity index (χ1n) is 7.59. The van der Waals surface area contributed by atoms with Gasteiger partial charge in [0.15, 0.2) is 5.76 Å². The molecule has 0 saturated carbocycles. The van der Waals surface area contributed by atoms with Crippen LogP contribution in [0.25, 0.3) is 0 Å². The number of piperidine rings is 1. The molecule has 5 nitrogen and oxygen atoms in total. The third-order valence-electron chi connectivity index (χ3n) is 4.26. The zero-order valence-electron chi connectivity index (χ0n) is 11.9. The van der Waals surface area contributed by atoms with Crippen molar-refractivity contribution < 1.29 is 9.21 Å². The van der Waals surface area contributed by atoms with Crippen molar-refractivity contribution >= 4 is 5.91 Å². The van der Waals surface area contributed by atoms with Crippen molar-refractivity contribution in [2.75, 3.05) is 45.8 Å². The van der Waals surface area contributed by atoms with Crippen LogP contribution in [0.5, 0.6) is 0 Å². The molecule has 0 bridgehead atoms. The zero-order valence-corrected chi connectivity index (χ0v) is 11.9. The summed E-state index contributed by atoms with van der Waals surface area (Å²) >= 11 is 0. The van der Waals surface area contributed by atoms with Crippen molar-refractivity contribution in [3.8, 4) is 0 Å². The zero-order chi connectivity index (χ0) is 13.8. The molecule has 3 heterocycles. The van der Waals surface area contributed by atoms with Crippen LogP contribution < -0.4 is 5.32 Å². The van der Waals surface area contributed by atoms with E-state index < -0.39 is 0 Å². The number of hydrogen-bond donors (Lipinski definition) is 1. The first-order valence-corrected chi connectivity index (χ1v) is 7.59. The molecule has 2 saturated heterocycles. The number of nitrogens with zero attached hydrogens (tertiary/aromatic N) is 2. The highest BCUT2D eigenvalue weighted by Crippen LogP contribution is 2.20. The molecular weight excluding hydrogens is 254 g/mol. The first kappa shape index (κ1) is 13.6. The highest BCUT2D eigenvalue weighted by molar-refractivity contribution is 5.91. The molecule has 1 aromatic rings. The molecule has 1 amide bonds. The second-order valence-electron chi connectivity index (χ2n) is 5.79. The van der Waals surface area contributed by atoms with Gasteiger partial charge in [-0.15, -0.1) is 0 Å². The number of rotatable bonds is 3. The maximum absolute atomic E-state index is 12.3. The molecule has 2 aliphatic rings. The Kier molecular flexibility index (Phi) is 4.38. The lowest BCUT2D eigenvalue weighted by Gasteiger charge is -2.36. The van der Waals surface area contributed by atoms with Gasteiger partial charge in [-0.1, -0.05) is 0 Å². The van der Waals surface area contributed by atoms with Gasteiger partial charge in [0.05, 0.1) is 6.26 Å². The second-order valence-corrected chi connectivity index (χ2v) is 5.79. The number of furan rings is 1. The quantitative estimate of drug-likeness (QED) is 0.897. The van der Waals surface area contributed by atoms with Crippen LogP contribution in [0.1, 0.15) is 23.4 Å². The number of likely N-dealkylation sites (tertiary alicyclic amines) is 1. The summed E-state index contributed by atoms with van der Waals surface area (Å²) in [5.41, 5.74) is 0. The van der Waals surface area contributed by atoms with E-state index in [2.05, 4.69) is 10.2 Å². The van der Waals surface area contributed by atoms with Gasteiger partial charge in [-0.25, -0.2) is 0 Å². The van der Waals surface area contributed by atoms with Crippen LogP contribution in [0.4, 0.5) is 0 Å². The first-order chi connectivity index (χ1) is 9.83. The van der Waals surface area contributed by atoms with Gasteiger partial charge in [-0.2, -0.15) is 0 Å². The number of carbonyl (C=O) groups is 1. The lowest BCUT2D eigenvalue weighted by Crippen LogP contribution is -2.48.